The number of carbonyl (C=O) groups is 1. The third-order valence-corrected chi connectivity index (χ3v) is 3.57. The maximum atomic E-state index is 13.1. The fourth-order valence-electron chi connectivity index (χ4n) is 1.39. The van der Waals surface area contributed by atoms with Crippen molar-refractivity contribution in [1.82, 2.24) is 0 Å². The molecule has 2 rings (SSSR count). The summed E-state index contributed by atoms with van der Waals surface area (Å²) < 4.78 is 19.7. The predicted octanol–water partition coefficient (Wildman–Crippen LogP) is 4.84. The van der Waals surface area contributed by atoms with Gasteiger partial charge in [0, 0.05) is 6.07 Å². The summed E-state index contributed by atoms with van der Waals surface area (Å²) in [4.78, 5) is 10.8. The molecule has 0 aliphatic rings. The van der Waals surface area contributed by atoms with Gasteiger partial charge >= 0.3 is 5.97 Å². The Morgan fingerprint density at radius 3 is 2.42 bits per heavy atom. The van der Waals surface area contributed by atoms with Gasteiger partial charge in [-0.25, -0.2) is 9.18 Å². The highest BCUT2D eigenvalue weighted by Crippen LogP contribution is 2.34. The Morgan fingerprint density at radius 1 is 1.05 bits per heavy atom. The van der Waals surface area contributed by atoms with Gasteiger partial charge < -0.3 is 9.84 Å². The van der Waals surface area contributed by atoms with Crippen LogP contribution in [0.4, 0.5) is 4.39 Å². The molecule has 2 aromatic rings. The molecule has 2 aromatic carbocycles. The lowest BCUT2D eigenvalue weighted by Crippen LogP contribution is -1.96. The van der Waals surface area contributed by atoms with Crippen LogP contribution in [0.5, 0.6) is 11.5 Å². The van der Waals surface area contributed by atoms with Gasteiger partial charge in [-0.2, -0.15) is 0 Å². The van der Waals surface area contributed by atoms with Crippen LogP contribution in [0, 0.1) is 5.82 Å². The first-order valence-electron chi connectivity index (χ1n) is 5.13. The zero-order valence-electron chi connectivity index (χ0n) is 9.36. The number of hydrogen-bond donors (Lipinski definition) is 1. The molecule has 98 valence electrons. The molecule has 0 unspecified atom stereocenters. The number of hydrogen-bond acceptors (Lipinski definition) is 2. The maximum Gasteiger partial charge on any atom is 0.335 e. The van der Waals surface area contributed by atoms with Crippen molar-refractivity contribution in [1.29, 1.82) is 0 Å². The number of carboxylic acid groups (broad SMARTS) is 1. The normalized spacial score (nSPS) is 10.3. The van der Waals surface area contributed by atoms with E-state index in [4.69, 9.17) is 9.84 Å². The highest BCUT2D eigenvalue weighted by Gasteiger charge is 2.10. The minimum atomic E-state index is -1.03. The first kappa shape index (κ1) is 14.0. The van der Waals surface area contributed by atoms with Crippen molar-refractivity contribution in [2.75, 3.05) is 0 Å². The predicted molar refractivity (Wildman–Crippen MR) is 75.3 cm³/mol. The minimum Gasteiger partial charge on any atom is -0.478 e. The van der Waals surface area contributed by atoms with Crippen LogP contribution in [0.1, 0.15) is 10.4 Å². The summed E-state index contributed by atoms with van der Waals surface area (Å²) in [6, 6.07) is 8.41. The molecule has 6 heteroatoms. The molecule has 0 fully saturated rings. The zero-order chi connectivity index (χ0) is 14.0. The van der Waals surface area contributed by atoms with Crippen molar-refractivity contribution >= 4 is 37.8 Å². The second kappa shape index (κ2) is 5.71. The van der Waals surface area contributed by atoms with Crippen LogP contribution < -0.4 is 4.74 Å². The second-order valence-electron chi connectivity index (χ2n) is 3.63. The number of benzene rings is 2. The lowest BCUT2D eigenvalue weighted by atomic mass is 10.2. The van der Waals surface area contributed by atoms with E-state index >= 15 is 0 Å². The Bertz CT molecular complexity index is 644. The fourth-order valence-corrected chi connectivity index (χ4v) is 2.18. The van der Waals surface area contributed by atoms with Crippen LogP contribution in [-0.4, -0.2) is 11.1 Å². The molecule has 3 nitrogen and oxygen atoms in total. The summed E-state index contributed by atoms with van der Waals surface area (Å²) in [6.45, 7) is 0. The summed E-state index contributed by atoms with van der Waals surface area (Å²) in [7, 11) is 0. The lowest BCUT2D eigenvalue weighted by Gasteiger charge is -2.10. The Hall–Kier alpha value is -1.40. The zero-order valence-corrected chi connectivity index (χ0v) is 12.5. The van der Waals surface area contributed by atoms with Gasteiger partial charge in [0.1, 0.15) is 17.3 Å². The molecule has 19 heavy (non-hydrogen) atoms. The third kappa shape index (κ3) is 3.33. The van der Waals surface area contributed by atoms with Crippen molar-refractivity contribution in [2.45, 2.75) is 0 Å². The van der Waals surface area contributed by atoms with Crippen molar-refractivity contribution in [2.24, 2.45) is 0 Å². The van der Waals surface area contributed by atoms with Crippen LogP contribution in [-0.2, 0) is 0 Å². The smallest absolute Gasteiger partial charge is 0.335 e. The Morgan fingerprint density at radius 2 is 1.79 bits per heavy atom. The average molecular weight is 390 g/mol. The Labute approximate surface area is 125 Å². The van der Waals surface area contributed by atoms with Crippen molar-refractivity contribution in [3.05, 3.63) is 56.7 Å². The first-order valence-corrected chi connectivity index (χ1v) is 6.71. The molecule has 0 aliphatic carbocycles. The molecule has 0 aromatic heterocycles. The number of ether oxygens (including phenoxy) is 1. The summed E-state index contributed by atoms with van der Waals surface area (Å²) in [6.07, 6.45) is 0. The van der Waals surface area contributed by atoms with Gasteiger partial charge in [0.2, 0.25) is 0 Å². The van der Waals surface area contributed by atoms with Gasteiger partial charge in [-0.1, -0.05) is 0 Å². The standard InChI is InChI=1S/C13H7Br2FO3/c14-9-3-2-8(16)6-12(9)19-11-4-1-7(13(17)18)5-10(11)15/h1-6H,(H,17,18). The largest absolute Gasteiger partial charge is 0.478 e. The number of carboxylic acids is 1. The highest BCUT2D eigenvalue weighted by molar-refractivity contribution is 9.11. The van der Waals surface area contributed by atoms with Gasteiger partial charge in [0.25, 0.3) is 0 Å². The van der Waals surface area contributed by atoms with Gasteiger partial charge in [0.15, 0.2) is 0 Å². The summed E-state index contributed by atoms with van der Waals surface area (Å²) >= 11 is 6.47. The molecule has 0 bridgehead atoms. The van der Waals surface area contributed by atoms with E-state index in [9.17, 15) is 9.18 Å². The van der Waals surface area contributed by atoms with Crippen LogP contribution in [0.25, 0.3) is 0 Å². The quantitative estimate of drug-likeness (QED) is 0.816. The molecule has 0 radical (unpaired) electrons. The van der Waals surface area contributed by atoms with Crippen LogP contribution in [0.3, 0.4) is 0 Å². The average Bonchev–Trinajstić information content (AvgIpc) is 2.36. The van der Waals surface area contributed by atoms with Gasteiger partial charge in [0.05, 0.1) is 14.5 Å². The molecule has 0 spiro atoms. The number of rotatable bonds is 3. The van der Waals surface area contributed by atoms with Gasteiger partial charge in [-0.05, 0) is 62.2 Å². The van der Waals surface area contributed by atoms with Crippen LogP contribution in [0.2, 0.25) is 0 Å². The maximum absolute atomic E-state index is 13.1. The van der Waals surface area contributed by atoms with Gasteiger partial charge in [-0.15, -0.1) is 0 Å². The van der Waals surface area contributed by atoms with E-state index < -0.39 is 11.8 Å². The molecule has 0 amide bonds. The van der Waals surface area contributed by atoms with E-state index in [1.807, 2.05) is 0 Å². The Kier molecular flexibility index (Phi) is 4.21. The van der Waals surface area contributed by atoms with Crippen molar-refractivity contribution < 1.29 is 19.0 Å². The van der Waals surface area contributed by atoms with Gasteiger partial charge in [-0.3, -0.25) is 0 Å². The van der Waals surface area contributed by atoms with Crippen LogP contribution >= 0.6 is 31.9 Å². The van der Waals surface area contributed by atoms with E-state index in [1.165, 1.54) is 36.4 Å². The van der Waals surface area contributed by atoms with E-state index in [1.54, 1.807) is 0 Å². The molecule has 0 heterocycles. The molecule has 0 aliphatic heterocycles. The lowest BCUT2D eigenvalue weighted by molar-refractivity contribution is 0.0697. The Balaban J connectivity index is 2.33. The molecular formula is C13H7Br2FO3. The summed E-state index contributed by atoms with van der Waals surface area (Å²) in [5.41, 5.74) is 0.137. The monoisotopic (exact) mass is 388 g/mol. The van der Waals surface area contributed by atoms with E-state index in [0.29, 0.717) is 20.4 Å². The van der Waals surface area contributed by atoms with Crippen molar-refractivity contribution in [3.63, 3.8) is 0 Å². The second-order valence-corrected chi connectivity index (χ2v) is 5.34. The molecule has 0 atom stereocenters. The first-order chi connectivity index (χ1) is 8.97. The summed E-state index contributed by atoms with van der Waals surface area (Å²) in [5, 5.41) is 8.85. The van der Waals surface area contributed by atoms with E-state index in [2.05, 4.69) is 31.9 Å². The third-order valence-electron chi connectivity index (χ3n) is 2.29. The number of aromatic carboxylic acids is 1. The summed E-state index contributed by atoms with van der Waals surface area (Å²) in [5.74, 6) is -0.740. The molecule has 0 saturated carbocycles. The minimum absolute atomic E-state index is 0.137. The molecule has 1 N–H and O–H groups in total. The number of halogens is 3. The van der Waals surface area contributed by atoms with Crippen LogP contribution in [0.15, 0.2) is 45.3 Å². The van der Waals surface area contributed by atoms with Crippen molar-refractivity contribution in [3.8, 4) is 11.5 Å². The van der Waals surface area contributed by atoms with E-state index in [-0.39, 0.29) is 5.56 Å². The fraction of sp³-hybridized carbons (Fsp3) is 0. The van der Waals surface area contributed by atoms with E-state index in [0.717, 1.165) is 0 Å². The SMILES string of the molecule is O=C(O)c1ccc(Oc2cc(F)ccc2Br)c(Br)c1. The molecule has 0 saturated heterocycles. The molecular weight excluding hydrogens is 383 g/mol. The highest BCUT2D eigenvalue weighted by atomic mass is 79.9. The topological polar surface area (TPSA) is 46.5 Å².